The van der Waals surface area contributed by atoms with Crippen molar-refractivity contribution in [3.63, 3.8) is 0 Å². The molecule has 0 aromatic heterocycles. The molecule has 6 heteroatoms. The molecular weight excluding hydrogens is 439 g/mol. The molecule has 0 radical (unpaired) electrons. The van der Waals surface area contributed by atoms with Crippen molar-refractivity contribution in [3.8, 4) is 0 Å². The Balaban J connectivity index is 0.00000324. The van der Waals surface area contributed by atoms with E-state index in [1.165, 1.54) is 19.3 Å². The second-order valence-corrected chi connectivity index (χ2v) is 13.3. The van der Waals surface area contributed by atoms with Crippen molar-refractivity contribution < 1.29 is 54.8 Å². The maximum absolute atomic E-state index is 12.5. The van der Waals surface area contributed by atoms with Gasteiger partial charge in [0, 0.05) is 11.4 Å². The zero-order valence-corrected chi connectivity index (χ0v) is 24.4. The van der Waals surface area contributed by atoms with Gasteiger partial charge in [0.15, 0.2) is 0 Å². The third-order valence-electron chi connectivity index (χ3n) is 11.5. The number of aliphatic hydroxyl groups is 3. The molecule has 3 N–H and O–H groups in total. The molecular formula is C28H47NaO5. The summed E-state index contributed by atoms with van der Waals surface area (Å²) in [4.78, 5) is 12.5. The molecule has 0 aromatic carbocycles. The quantitative estimate of drug-likeness (QED) is 0.476. The Kier molecular flexibility index (Phi) is 8.72. The van der Waals surface area contributed by atoms with Crippen molar-refractivity contribution in [1.82, 2.24) is 0 Å². The topological polar surface area (TPSA) is 101 Å². The van der Waals surface area contributed by atoms with Gasteiger partial charge >= 0.3 is 29.6 Å². The van der Waals surface area contributed by atoms with Gasteiger partial charge in [-0.05, 0) is 91.3 Å². The van der Waals surface area contributed by atoms with E-state index in [-0.39, 0.29) is 65.6 Å². The minimum Gasteiger partial charge on any atom is -0.550 e. The molecule has 5 nitrogen and oxygen atoms in total. The van der Waals surface area contributed by atoms with E-state index in [0.29, 0.717) is 37.0 Å². The fourth-order valence-corrected chi connectivity index (χ4v) is 9.65. The van der Waals surface area contributed by atoms with Gasteiger partial charge in [-0.2, -0.15) is 0 Å². The molecule has 11 atom stereocenters. The maximum atomic E-state index is 12.5. The van der Waals surface area contributed by atoms with Crippen LogP contribution in [0.4, 0.5) is 0 Å². The monoisotopic (exact) mass is 486 g/mol. The normalized spacial score (nSPS) is 48.9. The molecule has 4 aliphatic carbocycles. The van der Waals surface area contributed by atoms with E-state index < -0.39 is 35.1 Å². The van der Waals surface area contributed by atoms with Crippen molar-refractivity contribution in [2.24, 2.45) is 51.8 Å². The molecule has 190 valence electrons. The van der Waals surface area contributed by atoms with Gasteiger partial charge in [-0.15, -0.1) is 0 Å². The molecule has 0 heterocycles. The predicted octanol–water partition coefficient (Wildman–Crippen LogP) is 0.534. The summed E-state index contributed by atoms with van der Waals surface area (Å²) in [5, 5.41) is 46.1. The first-order chi connectivity index (χ1) is 15.4. The zero-order chi connectivity index (χ0) is 24.3. The Morgan fingerprint density at radius 3 is 2.29 bits per heavy atom. The predicted molar refractivity (Wildman–Crippen MR) is 126 cm³/mol. The number of carbonyl (C=O) groups is 1. The van der Waals surface area contributed by atoms with Gasteiger partial charge in [0.2, 0.25) is 0 Å². The van der Waals surface area contributed by atoms with Crippen LogP contribution in [0.25, 0.3) is 0 Å². The van der Waals surface area contributed by atoms with Crippen LogP contribution in [-0.2, 0) is 4.79 Å². The number of fused-ring (bicyclic) bond motifs is 5. The van der Waals surface area contributed by atoms with Crippen molar-refractivity contribution in [3.05, 3.63) is 0 Å². The molecule has 4 saturated carbocycles. The second kappa shape index (κ2) is 10.3. The summed E-state index contributed by atoms with van der Waals surface area (Å²) < 4.78 is 0. The molecule has 0 saturated heterocycles. The number of carbonyl (C=O) groups excluding carboxylic acids is 1. The van der Waals surface area contributed by atoms with Crippen LogP contribution in [-0.4, -0.2) is 39.6 Å². The molecule has 0 aliphatic heterocycles. The number of aliphatic hydroxyl groups excluding tert-OH is 3. The summed E-state index contributed by atoms with van der Waals surface area (Å²) in [6.07, 6.45) is 5.90. The number of carboxylic acid groups (broad SMARTS) is 1. The Labute approximate surface area is 228 Å². The number of hydrogen-bond acceptors (Lipinski definition) is 5. The van der Waals surface area contributed by atoms with Gasteiger partial charge < -0.3 is 25.2 Å². The van der Waals surface area contributed by atoms with Crippen LogP contribution in [0.15, 0.2) is 0 Å². The molecule has 0 aromatic rings. The van der Waals surface area contributed by atoms with Crippen molar-refractivity contribution >= 4 is 5.97 Å². The van der Waals surface area contributed by atoms with Crippen LogP contribution < -0.4 is 34.7 Å². The van der Waals surface area contributed by atoms with Gasteiger partial charge in [-0.1, -0.05) is 53.9 Å². The first-order valence-electron chi connectivity index (χ1n) is 13.6. The Bertz CT molecular complexity index is 744. The Morgan fingerprint density at radius 1 is 1.00 bits per heavy atom. The van der Waals surface area contributed by atoms with E-state index in [1.54, 1.807) is 0 Å². The fraction of sp³-hybridized carbons (Fsp3) is 0.964. The van der Waals surface area contributed by atoms with Crippen LogP contribution >= 0.6 is 0 Å². The van der Waals surface area contributed by atoms with Crippen molar-refractivity contribution in [2.45, 2.75) is 117 Å². The van der Waals surface area contributed by atoms with Crippen LogP contribution in [0.2, 0.25) is 0 Å². The van der Waals surface area contributed by atoms with Gasteiger partial charge in [0.05, 0.1) is 18.3 Å². The molecule has 4 fully saturated rings. The second-order valence-electron chi connectivity index (χ2n) is 13.3. The average molecular weight is 487 g/mol. The average Bonchev–Trinajstić information content (AvgIpc) is 3.08. The van der Waals surface area contributed by atoms with E-state index in [0.717, 1.165) is 12.8 Å². The molecule has 4 aliphatic rings. The summed E-state index contributed by atoms with van der Waals surface area (Å²) in [5.74, 6) is 0.712. The van der Waals surface area contributed by atoms with E-state index in [2.05, 4.69) is 34.6 Å². The molecule has 34 heavy (non-hydrogen) atoms. The zero-order valence-electron chi connectivity index (χ0n) is 22.4. The van der Waals surface area contributed by atoms with E-state index >= 15 is 0 Å². The third-order valence-corrected chi connectivity index (χ3v) is 11.5. The fourth-order valence-electron chi connectivity index (χ4n) is 9.65. The van der Waals surface area contributed by atoms with E-state index in [4.69, 9.17) is 0 Å². The van der Waals surface area contributed by atoms with Crippen LogP contribution in [0.5, 0.6) is 0 Å². The molecule has 0 spiro atoms. The maximum Gasteiger partial charge on any atom is 1.00 e. The first-order valence-corrected chi connectivity index (χ1v) is 13.6. The molecule has 4 rings (SSSR count). The molecule has 0 amide bonds. The van der Waals surface area contributed by atoms with Crippen LogP contribution in [0, 0.1) is 51.8 Å². The summed E-state index contributed by atoms with van der Waals surface area (Å²) in [6.45, 7) is 11.2. The molecule has 0 bridgehead atoms. The van der Waals surface area contributed by atoms with Gasteiger partial charge in [0.1, 0.15) is 0 Å². The number of carboxylic acids is 1. The summed E-state index contributed by atoms with van der Waals surface area (Å²) >= 11 is 0. The smallest absolute Gasteiger partial charge is 0.550 e. The minimum atomic E-state index is -1.22. The Morgan fingerprint density at radius 2 is 1.68 bits per heavy atom. The van der Waals surface area contributed by atoms with E-state index in [9.17, 15) is 25.2 Å². The SMILES string of the molecule is CC(C)CCC[C@@H](C)[C@H]1CC[C@H]2[C@@H]3[C@H](O)C[C@]4(C(=O)[O-])C[C@H](O)CC[C@]4(C)[C@H]3C[C@H](O)[C@]12C.[Na+]. The van der Waals surface area contributed by atoms with Gasteiger partial charge in [0.25, 0.3) is 0 Å². The summed E-state index contributed by atoms with van der Waals surface area (Å²) in [7, 11) is 0. The van der Waals surface area contributed by atoms with E-state index in [1.807, 2.05) is 0 Å². The van der Waals surface area contributed by atoms with Gasteiger partial charge in [-0.3, -0.25) is 0 Å². The minimum absolute atomic E-state index is 0. The number of rotatable bonds is 6. The first kappa shape index (κ1) is 28.9. The largest absolute Gasteiger partial charge is 1.00 e. The van der Waals surface area contributed by atoms with Crippen LogP contribution in [0.1, 0.15) is 98.8 Å². The standard InChI is InChI=1S/C28H48O5.Na/c1-16(2)7-6-8-17(3)19-9-10-20-24-21(13-23(31)27(19,20)5)26(4)12-11-18(29)14-28(26,25(32)33)15-22(24)30;/h16-24,29-31H,6-15H2,1-5H3,(H,32,33);/q;+1/p-1/t17-,18-,19-,20+,21+,22-,23+,24+,26-,27-,28+;/m1./s1. The summed E-state index contributed by atoms with van der Waals surface area (Å²) in [5.41, 5.74) is -2.02. The van der Waals surface area contributed by atoms with Crippen molar-refractivity contribution in [1.29, 1.82) is 0 Å². The Hall–Kier alpha value is 0.350. The number of aliphatic carboxylic acids is 1. The summed E-state index contributed by atoms with van der Waals surface area (Å²) in [6, 6.07) is 0. The third kappa shape index (κ3) is 4.26. The van der Waals surface area contributed by atoms with Crippen molar-refractivity contribution in [2.75, 3.05) is 0 Å². The van der Waals surface area contributed by atoms with Crippen LogP contribution in [0.3, 0.4) is 0 Å². The number of hydrogen-bond donors (Lipinski definition) is 3. The molecule has 0 unspecified atom stereocenters. The van der Waals surface area contributed by atoms with Gasteiger partial charge in [-0.25, -0.2) is 0 Å².